The molecule has 0 bridgehead atoms. The lowest BCUT2D eigenvalue weighted by Gasteiger charge is -2.07. The highest BCUT2D eigenvalue weighted by Gasteiger charge is 2.10. The molecule has 1 N–H and O–H groups in total. The molecule has 0 amide bonds. The Morgan fingerprint density at radius 1 is 1.12 bits per heavy atom. The van der Waals surface area contributed by atoms with Gasteiger partial charge < -0.3 is 14.6 Å². The first-order valence-corrected chi connectivity index (χ1v) is 7.49. The van der Waals surface area contributed by atoms with E-state index in [1.165, 1.54) is 24.3 Å². The SMILES string of the molecule is CCOC(=O)COc1ccc(C(=O)C=Cc2ccccc2)c(O)c1. The molecule has 0 aliphatic rings. The van der Waals surface area contributed by atoms with Gasteiger partial charge in [0.05, 0.1) is 12.2 Å². The minimum atomic E-state index is -0.497. The Hall–Kier alpha value is -3.08. The maximum absolute atomic E-state index is 12.1. The molecule has 5 nitrogen and oxygen atoms in total. The second kappa shape index (κ2) is 8.53. The number of hydrogen-bond acceptors (Lipinski definition) is 5. The molecule has 0 aromatic heterocycles. The second-order valence-electron chi connectivity index (χ2n) is 4.88. The van der Waals surface area contributed by atoms with E-state index in [1.807, 2.05) is 30.3 Å². The van der Waals surface area contributed by atoms with Crippen LogP contribution in [0.25, 0.3) is 6.08 Å². The zero-order valence-corrected chi connectivity index (χ0v) is 13.3. The van der Waals surface area contributed by atoms with Crippen molar-refractivity contribution in [2.75, 3.05) is 13.2 Å². The van der Waals surface area contributed by atoms with Gasteiger partial charge >= 0.3 is 5.97 Å². The Bertz CT molecular complexity index is 735. The third kappa shape index (κ3) is 4.98. The van der Waals surface area contributed by atoms with Gasteiger partial charge in [0.15, 0.2) is 12.4 Å². The monoisotopic (exact) mass is 326 g/mol. The smallest absolute Gasteiger partial charge is 0.344 e. The van der Waals surface area contributed by atoms with Gasteiger partial charge in [-0.05, 0) is 30.7 Å². The number of esters is 1. The van der Waals surface area contributed by atoms with E-state index in [-0.39, 0.29) is 36.1 Å². The summed E-state index contributed by atoms with van der Waals surface area (Å²) in [5.41, 5.74) is 1.05. The van der Waals surface area contributed by atoms with Crippen molar-refractivity contribution < 1.29 is 24.2 Å². The Morgan fingerprint density at radius 2 is 1.88 bits per heavy atom. The number of phenols is 1. The predicted molar refractivity (Wildman–Crippen MR) is 90.0 cm³/mol. The van der Waals surface area contributed by atoms with Crippen LogP contribution < -0.4 is 4.74 Å². The van der Waals surface area contributed by atoms with E-state index >= 15 is 0 Å². The van der Waals surface area contributed by atoms with Gasteiger partial charge in [-0.15, -0.1) is 0 Å². The highest BCUT2D eigenvalue weighted by Crippen LogP contribution is 2.24. The van der Waals surface area contributed by atoms with Crippen molar-refractivity contribution in [1.82, 2.24) is 0 Å². The van der Waals surface area contributed by atoms with Crippen molar-refractivity contribution in [2.24, 2.45) is 0 Å². The number of carbonyl (C=O) groups is 2. The largest absolute Gasteiger partial charge is 0.507 e. The maximum atomic E-state index is 12.1. The van der Waals surface area contributed by atoms with Crippen LogP contribution in [-0.4, -0.2) is 30.1 Å². The summed E-state index contributed by atoms with van der Waals surface area (Å²) in [6.45, 7) is 1.72. The standard InChI is InChI=1S/C19H18O5/c1-2-23-19(22)13-24-15-9-10-16(18(21)12-15)17(20)11-8-14-6-4-3-5-7-14/h3-12,21H,2,13H2,1H3. The summed E-state index contributed by atoms with van der Waals surface area (Å²) >= 11 is 0. The molecule has 0 saturated carbocycles. The fourth-order valence-corrected chi connectivity index (χ4v) is 1.98. The van der Waals surface area contributed by atoms with Gasteiger partial charge in [0.25, 0.3) is 0 Å². The molecule has 24 heavy (non-hydrogen) atoms. The van der Waals surface area contributed by atoms with Crippen molar-refractivity contribution in [1.29, 1.82) is 0 Å². The van der Waals surface area contributed by atoms with Gasteiger partial charge in [0, 0.05) is 6.07 Å². The number of allylic oxidation sites excluding steroid dienone is 1. The number of rotatable bonds is 7. The molecular formula is C19H18O5. The minimum Gasteiger partial charge on any atom is -0.507 e. The summed E-state index contributed by atoms with van der Waals surface area (Å²) in [4.78, 5) is 23.4. The molecule has 0 atom stereocenters. The topological polar surface area (TPSA) is 72.8 Å². The lowest BCUT2D eigenvalue weighted by molar-refractivity contribution is -0.145. The fourth-order valence-electron chi connectivity index (χ4n) is 1.98. The summed E-state index contributed by atoms with van der Waals surface area (Å²) in [6, 6.07) is 13.6. The molecule has 5 heteroatoms. The normalized spacial score (nSPS) is 10.5. The molecule has 0 aliphatic carbocycles. The molecule has 0 heterocycles. The predicted octanol–water partition coefficient (Wildman–Crippen LogP) is 3.23. The van der Waals surface area contributed by atoms with Crippen LogP contribution in [0, 0.1) is 0 Å². The lowest BCUT2D eigenvalue weighted by Crippen LogP contribution is -2.14. The summed E-state index contributed by atoms with van der Waals surface area (Å²) in [5, 5.41) is 9.98. The van der Waals surface area contributed by atoms with Crippen molar-refractivity contribution in [2.45, 2.75) is 6.92 Å². The van der Waals surface area contributed by atoms with Crippen LogP contribution in [0.15, 0.2) is 54.6 Å². The third-order valence-corrected chi connectivity index (χ3v) is 3.12. The van der Waals surface area contributed by atoms with E-state index in [0.29, 0.717) is 0 Å². The number of benzene rings is 2. The van der Waals surface area contributed by atoms with Crippen LogP contribution >= 0.6 is 0 Å². The van der Waals surface area contributed by atoms with E-state index < -0.39 is 5.97 Å². The van der Waals surface area contributed by atoms with E-state index in [2.05, 4.69) is 0 Å². The third-order valence-electron chi connectivity index (χ3n) is 3.12. The van der Waals surface area contributed by atoms with Crippen molar-refractivity contribution in [3.05, 3.63) is 65.7 Å². The van der Waals surface area contributed by atoms with Crippen LogP contribution in [0.3, 0.4) is 0 Å². The highest BCUT2D eigenvalue weighted by molar-refractivity contribution is 6.08. The van der Waals surface area contributed by atoms with E-state index in [4.69, 9.17) is 9.47 Å². The lowest BCUT2D eigenvalue weighted by atomic mass is 10.1. The summed E-state index contributed by atoms with van der Waals surface area (Å²) in [6.07, 6.45) is 3.07. The van der Waals surface area contributed by atoms with Gasteiger partial charge in [-0.3, -0.25) is 4.79 Å². The number of ether oxygens (including phenoxy) is 2. The average Bonchev–Trinajstić information content (AvgIpc) is 2.59. The van der Waals surface area contributed by atoms with Crippen LogP contribution in [-0.2, 0) is 9.53 Å². The Labute approximate surface area is 140 Å². The molecule has 2 rings (SSSR count). The molecule has 0 unspecified atom stereocenters. The summed E-state index contributed by atoms with van der Waals surface area (Å²) in [7, 11) is 0. The molecule has 0 saturated heterocycles. The first kappa shape index (κ1) is 17.3. The molecule has 0 aliphatic heterocycles. The molecule has 0 spiro atoms. The maximum Gasteiger partial charge on any atom is 0.344 e. The second-order valence-corrected chi connectivity index (χ2v) is 4.88. The van der Waals surface area contributed by atoms with Crippen molar-refractivity contribution >= 4 is 17.8 Å². The molecule has 0 radical (unpaired) electrons. The van der Waals surface area contributed by atoms with Crippen LogP contribution in [0.1, 0.15) is 22.8 Å². The van der Waals surface area contributed by atoms with Gasteiger partial charge in [0.2, 0.25) is 0 Å². The van der Waals surface area contributed by atoms with E-state index in [0.717, 1.165) is 5.56 Å². The van der Waals surface area contributed by atoms with Gasteiger partial charge in [-0.1, -0.05) is 36.4 Å². The summed E-state index contributed by atoms with van der Waals surface area (Å²) < 4.78 is 9.94. The van der Waals surface area contributed by atoms with Crippen LogP contribution in [0.4, 0.5) is 0 Å². The molecule has 2 aromatic rings. The van der Waals surface area contributed by atoms with Gasteiger partial charge in [-0.2, -0.15) is 0 Å². The summed E-state index contributed by atoms with van der Waals surface area (Å²) in [5.74, 6) is -0.751. The number of hydrogen-bond donors (Lipinski definition) is 1. The van der Waals surface area contributed by atoms with E-state index in [1.54, 1.807) is 13.0 Å². The Kier molecular flexibility index (Phi) is 6.14. The quantitative estimate of drug-likeness (QED) is 0.480. The van der Waals surface area contributed by atoms with Gasteiger partial charge in [0.1, 0.15) is 11.5 Å². The molecule has 2 aromatic carbocycles. The fraction of sp³-hybridized carbons (Fsp3) is 0.158. The van der Waals surface area contributed by atoms with Gasteiger partial charge in [-0.25, -0.2) is 4.79 Å². The van der Waals surface area contributed by atoms with Crippen LogP contribution in [0.5, 0.6) is 11.5 Å². The molecular weight excluding hydrogens is 308 g/mol. The number of aromatic hydroxyl groups is 1. The molecule has 0 fully saturated rings. The number of phenolic OH excluding ortho intramolecular Hbond substituents is 1. The molecule has 124 valence electrons. The van der Waals surface area contributed by atoms with Crippen LogP contribution in [0.2, 0.25) is 0 Å². The Morgan fingerprint density at radius 3 is 2.54 bits per heavy atom. The average molecular weight is 326 g/mol. The first-order valence-electron chi connectivity index (χ1n) is 7.49. The zero-order valence-electron chi connectivity index (χ0n) is 13.3. The minimum absolute atomic E-state index is 0.158. The highest BCUT2D eigenvalue weighted by atomic mass is 16.6. The number of carbonyl (C=O) groups excluding carboxylic acids is 2. The van der Waals surface area contributed by atoms with Crippen molar-refractivity contribution in [3.8, 4) is 11.5 Å². The van der Waals surface area contributed by atoms with Crippen molar-refractivity contribution in [3.63, 3.8) is 0 Å². The first-order chi connectivity index (χ1) is 11.6. The Balaban J connectivity index is 2.02. The van der Waals surface area contributed by atoms with E-state index in [9.17, 15) is 14.7 Å². The zero-order chi connectivity index (χ0) is 17.4. The number of ketones is 1.